The summed E-state index contributed by atoms with van der Waals surface area (Å²) in [6.45, 7) is 2.87. The minimum atomic E-state index is -0.112. The van der Waals surface area contributed by atoms with Crippen LogP contribution in [0.1, 0.15) is 27.6 Å². The first kappa shape index (κ1) is 13.0. The summed E-state index contributed by atoms with van der Waals surface area (Å²) in [5.74, 6) is 1.00. The lowest BCUT2D eigenvalue weighted by Gasteiger charge is -2.14. The average molecular weight is 338 g/mol. The maximum atomic E-state index is 6.63. The first-order valence-electron chi connectivity index (χ1n) is 6.31. The zero-order chi connectivity index (χ0) is 13.4. The Balaban J connectivity index is 1.97. The minimum absolute atomic E-state index is 0.112. The molecule has 3 rings (SSSR count). The maximum absolute atomic E-state index is 6.63. The Bertz CT molecular complexity index is 624. The Hall–Kier alpha value is -0.990. The SMILES string of the molecule is Cc1cc(Br)ccc1C(Cl)c1ccc2c(c1)CCO2. The van der Waals surface area contributed by atoms with Gasteiger partial charge >= 0.3 is 0 Å². The summed E-state index contributed by atoms with van der Waals surface area (Å²) in [6, 6.07) is 12.5. The number of ether oxygens (including phenoxy) is 1. The van der Waals surface area contributed by atoms with E-state index in [-0.39, 0.29) is 5.38 Å². The monoisotopic (exact) mass is 336 g/mol. The van der Waals surface area contributed by atoms with E-state index in [0.717, 1.165) is 34.4 Å². The van der Waals surface area contributed by atoms with Gasteiger partial charge in [0, 0.05) is 10.9 Å². The highest BCUT2D eigenvalue weighted by Crippen LogP contribution is 2.35. The number of benzene rings is 2. The van der Waals surface area contributed by atoms with Crippen LogP contribution in [-0.2, 0) is 6.42 Å². The summed E-state index contributed by atoms with van der Waals surface area (Å²) < 4.78 is 6.61. The molecule has 1 aliphatic heterocycles. The average Bonchev–Trinajstić information content (AvgIpc) is 2.85. The zero-order valence-corrected chi connectivity index (χ0v) is 13.0. The van der Waals surface area contributed by atoms with E-state index in [1.165, 1.54) is 11.1 Å². The molecule has 1 aliphatic rings. The highest BCUT2D eigenvalue weighted by molar-refractivity contribution is 9.10. The van der Waals surface area contributed by atoms with E-state index in [4.69, 9.17) is 16.3 Å². The molecule has 1 unspecified atom stereocenters. The minimum Gasteiger partial charge on any atom is -0.493 e. The lowest BCUT2D eigenvalue weighted by molar-refractivity contribution is 0.357. The van der Waals surface area contributed by atoms with Gasteiger partial charge in [0.25, 0.3) is 0 Å². The fourth-order valence-electron chi connectivity index (χ4n) is 2.47. The van der Waals surface area contributed by atoms with Crippen LogP contribution in [0.25, 0.3) is 0 Å². The van der Waals surface area contributed by atoms with Gasteiger partial charge in [0.05, 0.1) is 12.0 Å². The van der Waals surface area contributed by atoms with Crippen molar-refractivity contribution < 1.29 is 4.74 Å². The van der Waals surface area contributed by atoms with Crippen LogP contribution in [0.15, 0.2) is 40.9 Å². The van der Waals surface area contributed by atoms with Gasteiger partial charge in [0.15, 0.2) is 0 Å². The Kier molecular flexibility index (Phi) is 3.55. The molecule has 2 aromatic carbocycles. The summed E-state index contributed by atoms with van der Waals surface area (Å²) in [5.41, 5.74) is 4.75. The summed E-state index contributed by atoms with van der Waals surface area (Å²) in [4.78, 5) is 0. The highest BCUT2D eigenvalue weighted by atomic mass is 79.9. The van der Waals surface area contributed by atoms with E-state index >= 15 is 0 Å². The molecule has 0 fully saturated rings. The van der Waals surface area contributed by atoms with Gasteiger partial charge in [-0.2, -0.15) is 0 Å². The number of fused-ring (bicyclic) bond motifs is 1. The second kappa shape index (κ2) is 5.18. The van der Waals surface area contributed by atoms with Gasteiger partial charge in [-0.25, -0.2) is 0 Å². The Morgan fingerprint density at radius 1 is 1.21 bits per heavy atom. The molecule has 0 N–H and O–H groups in total. The van der Waals surface area contributed by atoms with Crippen molar-refractivity contribution in [3.8, 4) is 5.75 Å². The van der Waals surface area contributed by atoms with Gasteiger partial charge in [-0.15, -0.1) is 11.6 Å². The van der Waals surface area contributed by atoms with E-state index < -0.39 is 0 Å². The molecule has 0 saturated carbocycles. The standard InChI is InChI=1S/C16H14BrClO/c1-10-8-13(17)3-4-14(10)16(18)12-2-5-15-11(9-12)6-7-19-15/h2-5,8-9,16H,6-7H2,1H3. The topological polar surface area (TPSA) is 9.23 Å². The Morgan fingerprint density at radius 3 is 2.84 bits per heavy atom. The number of aryl methyl sites for hydroxylation is 1. The van der Waals surface area contributed by atoms with Gasteiger partial charge in [-0.3, -0.25) is 0 Å². The van der Waals surface area contributed by atoms with E-state index in [0.29, 0.717) is 0 Å². The molecule has 0 saturated heterocycles. The van der Waals surface area contributed by atoms with Crippen LogP contribution in [0.2, 0.25) is 0 Å². The third-order valence-corrected chi connectivity index (χ3v) is 4.49. The molecule has 0 bridgehead atoms. The quantitative estimate of drug-likeness (QED) is 0.699. The fourth-order valence-corrected chi connectivity index (χ4v) is 3.32. The number of hydrogen-bond acceptors (Lipinski definition) is 1. The van der Waals surface area contributed by atoms with Crippen molar-refractivity contribution in [1.82, 2.24) is 0 Å². The first-order valence-corrected chi connectivity index (χ1v) is 7.54. The van der Waals surface area contributed by atoms with Crippen molar-refractivity contribution in [2.24, 2.45) is 0 Å². The number of rotatable bonds is 2. The van der Waals surface area contributed by atoms with E-state index in [1.807, 2.05) is 12.1 Å². The molecule has 0 aromatic heterocycles. The van der Waals surface area contributed by atoms with E-state index in [1.54, 1.807) is 0 Å². The van der Waals surface area contributed by atoms with Crippen LogP contribution in [0.3, 0.4) is 0 Å². The second-order valence-corrected chi connectivity index (χ2v) is 6.18. The van der Waals surface area contributed by atoms with Crippen molar-refractivity contribution in [2.75, 3.05) is 6.61 Å². The van der Waals surface area contributed by atoms with Crippen LogP contribution in [-0.4, -0.2) is 6.61 Å². The highest BCUT2D eigenvalue weighted by Gasteiger charge is 2.17. The number of hydrogen-bond donors (Lipinski definition) is 0. The van der Waals surface area contributed by atoms with Crippen molar-refractivity contribution in [1.29, 1.82) is 0 Å². The van der Waals surface area contributed by atoms with Gasteiger partial charge < -0.3 is 4.74 Å². The van der Waals surface area contributed by atoms with Gasteiger partial charge in [0.2, 0.25) is 0 Å². The lowest BCUT2D eigenvalue weighted by atomic mass is 9.98. The van der Waals surface area contributed by atoms with E-state index in [2.05, 4.69) is 47.1 Å². The molecule has 0 amide bonds. The summed E-state index contributed by atoms with van der Waals surface area (Å²) in [6.07, 6.45) is 0.978. The molecule has 1 nitrogen and oxygen atoms in total. The molecule has 0 aliphatic carbocycles. The molecule has 98 valence electrons. The van der Waals surface area contributed by atoms with Crippen molar-refractivity contribution >= 4 is 27.5 Å². The van der Waals surface area contributed by atoms with Crippen molar-refractivity contribution in [3.05, 3.63) is 63.1 Å². The maximum Gasteiger partial charge on any atom is 0.122 e. The lowest BCUT2D eigenvalue weighted by Crippen LogP contribution is -1.97. The Labute approximate surface area is 126 Å². The normalized spacial score (nSPS) is 14.9. The van der Waals surface area contributed by atoms with Crippen molar-refractivity contribution in [2.45, 2.75) is 18.7 Å². The predicted octanol–water partition coefficient (Wildman–Crippen LogP) is 5.02. The third kappa shape index (κ3) is 2.52. The molecule has 0 spiro atoms. The van der Waals surface area contributed by atoms with Crippen LogP contribution >= 0.6 is 27.5 Å². The van der Waals surface area contributed by atoms with Gasteiger partial charge in [-0.1, -0.05) is 34.1 Å². The first-order chi connectivity index (χ1) is 9.15. The van der Waals surface area contributed by atoms with Crippen LogP contribution in [0, 0.1) is 6.92 Å². The zero-order valence-electron chi connectivity index (χ0n) is 10.6. The summed E-state index contributed by atoms with van der Waals surface area (Å²) in [5, 5.41) is -0.112. The summed E-state index contributed by atoms with van der Waals surface area (Å²) in [7, 11) is 0. The molecule has 19 heavy (non-hydrogen) atoms. The smallest absolute Gasteiger partial charge is 0.122 e. The summed E-state index contributed by atoms with van der Waals surface area (Å²) >= 11 is 10.1. The van der Waals surface area contributed by atoms with Crippen molar-refractivity contribution in [3.63, 3.8) is 0 Å². The van der Waals surface area contributed by atoms with E-state index in [9.17, 15) is 0 Å². The van der Waals surface area contributed by atoms with Crippen LogP contribution < -0.4 is 4.74 Å². The molecule has 3 heteroatoms. The third-order valence-electron chi connectivity index (χ3n) is 3.51. The molecule has 1 atom stereocenters. The molecule has 1 heterocycles. The number of alkyl halides is 1. The number of halogens is 2. The molecular weight excluding hydrogens is 324 g/mol. The molecule has 2 aromatic rings. The molecular formula is C16H14BrClO. The Morgan fingerprint density at radius 2 is 2.05 bits per heavy atom. The fraction of sp³-hybridized carbons (Fsp3) is 0.250. The molecule has 0 radical (unpaired) electrons. The predicted molar refractivity (Wildman–Crippen MR) is 82.2 cm³/mol. The van der Waals surface area contributed by atoms with Crippen LogP contribution in [0.4, 0.5) is 0 Å². The largest absolute Gasteiger partial charge is 0.493 e. The van der Waals surface area contributed by atoms with Gasteiger partial charge in [0.1, 0.15) is 5.75 Å². The second-order valence-electron chi connectivity index (χ2n) is 4.83. The van der Waals surface area contributed by atoms with Gasteiger partial charge in [-0.05, 0) is 47.4 Å². The van der Waals surface area contributed by atoms with Crippen LogP contribution in [0.5, 0.6) is 5.75 Å².